The lowest BCUT2D eigenvalue weighted by Gasteiger charge is -2.38. The molecule has 1 fully saturated rings. The standard InChI is InChI=1S/C28H21F2N7O2/c1-36-22-11-18(3-2-17(22)10-23(36)27(38)37-14-28(29,30)15-37)24-34-25(21-8-9-39-26(21)35-24)33-20-6-4-16(5-7-20)19-12-31-32-13-19/h2-13H,14-15H2,1H3,(H,31,32)(H,33,34,35). The molecule has 7 rings (SSSR count). The molecule has 11 heteroatoms. The molecule has 0 unspecified atom stereocenters. The van der Waals surface area contributed by atoms with Crippen LogP contribution in [0, 0.1) is 0 Å². The highest BCUT2D eigenvalue weighted by molar-refractivity contribution is 6.00. The predicted octanol–water partition coefficient (Wildman–Crippen LogP) is 5.61. The molecule has 6 aromatic rings. The van der Waals surface area contributed by atoms with Crippen LogP contribution in [0.4, 0.5) is 20.3 Å². The maximum absolute atomic E-state index is 13.3. The van der Waals surface area contributed by atoms with Crippen LogP contribution in [0.15, 0.2) is 77.7 Å². The van der Waals surface area contributed by atoms with Gasteiger partial charge in [0.25, 0.3) is 11.8 Å². The number of aromatic amines is 1. The van der Waals surface area contributed by atoms with Crippen LogP contribution < -0.4 is 5.32 Å². The summed E-state index contributed by atoms with van der Waals surface area (Å²) < 4.78 is 34.0. The van der Waals surface area contributed by atoms with Crippen LogP contribution in [0.25, 0.3) is 44.5 Å². The average molecular weight is 526 g/mol. The zero-order valence-electron chi connectivity index (χ0n) is 20.7. The van der Waals surface area contributed by atoms with Crippen LogP contribution in [-0.2, 0) is 7.05 Å². The number of nitrogens with one attached hydrogen (secondary N) is 2. The molecule has 0 spiro atoms. The summed E-state index contributed by atoms with van der Waals surface area (Å²) in [7, 11) is 1.74. The molecule has 1 amide bonds. The largest absolute Gasteiger partial charge is 0.446 e. The van der Waals surface area contributed by atoms with E-state index in [4.69, 9.17) is 9.40 Å². The molecule has 9 nitrogen and oxygen atoms in total. The molecule has 5 heterocycles. The van der Waals surface area contributed by atoms with Crippen molar-refractivity contribution in [1.82, 2.24) is 29.6 Å². The Morgan fingerprint density at radius 2 is 1.82 bits per heavy atom. The van der Waals surface area contributed by atoms with Gasteiger partial charge in [0.15, 0.2) is 5.82 Å². The Bertz CT molecular complexity index is 1850. The molecule has 0 radical (unpaired) electrons. The highest BCUT2D eigenvalue weighted by Gasteiger charge is 2.46. The van der Waals surface area contributed by atoms with Gasteiger partial charge in [-0.15, -0.1) is 0 Å². The molecule has 1 aliphatic heterocycles. The van der Waals surface area contributed by atoms with Gasteiger partial charge in [0.1, 0.15) is 11.5 Å². The van der Waals surface area contributed by atoms with Crippen molar-refractivity contribution in [1.29, 1.82) is 0 Å². The summed E-state index contributed by atoms with van der Waals surface area (Å²) >= 11 is 0. The normalized spacial score (nSPS) is 14.6. The van der Waals surface area contributed by atoms with Crippen LogP contribution >= 0.6 is 0 Å². The molecule has 2 N–H and O–H groups in total. The van der Waals surface area contributed by atoms with Gasteiger partial charge in [0.2, 0.25) is 5.71 Å². The molecule has 1 saturated heterocycles. The van der Waals surface area contributed by atoms with E-state index in [2.05, 4.69) is 20.5 Å². The van der Waals surface area contributed by atoms with E-state index in [1.54, 1.807) is 36.2 Å². The molecule has 39 heavy (non-hydrogen) atoms. The first-order valence-corrected chi connectivity index (χ1v) is 12.2. The summed E-state index contributed by atoms with van der Waals surface area (Å²) in [6.07, 6.45) is 5.16. The second-order valence-electron chi connectivity index (χ2n) is 9.60. The van der Waals surface area contributed by atoms with Crippen LogP contribution in [0.3, 0.4) is 0 Å². The molecule has 194 valence electrons. The zero-order chi connectivity index (χ0) is 26.7. The van der Waals surface area contributed by atoms with Crippen molar-refractivity contribution in [2.75, 3.05) is 18.4 Å². The lowest BCUT2D eigenvalue weighted by Crippen LogP contribution is -2.58. The minimum Gasteiger partial charge on any atom is -0.446 e. The third-order valence-corrected chi connectivity index (χ3v) is 6.96. The van der Waals surface area contributed by atoms with E-state index in [1.165, 1.54) is 0 Å². The summed E-state index contributed by atoms with van der Waals surface area (Å²) in [6.45, 7) is -1.12. The minimum absolute atomic E-state index is 0.348. The number of aryl methyl sites for hydroxylation is 1. The van der Waals surface area contributed by atoms with Crippen molar-refractivity contribution >= 4 is 39.4 Å². The molecule has 0 atom stereocenters. The summed E-state index contributed by atoms with van der Waals surface area (Å²) in [5, 5.41) is 11.7. The van der Waals surface area contributed by atoms with Gasteiger partial charge in [-0.1, -0.05) is 24.3 Å². The van der Waals surface area contributed by atoms with Crippen LogP contribution in [0.2, 0.25) is 0 Å². The lowest BCUT2D eigenvalue weighted by molar-refractivity contribution is -0.113. The van der Waals surface area contributed by atoms with Crippen LogP contribution in [0.5, 0.6) is 0 Å². The lowest BCUT2D eigenvalue weighted by atomic mass is 10.1. The summed E-state index contributed by atoms with van der Waals surface area (Å²) in [5.74, 6) is -2.21. The number of likely N-dealkylation sites (tertiary alicyclic amines) is 1. The number of furan rings is 1. The number of carbonyl (C=O) groups is 1. The van der Waals surface area contributed by atoms with E-state index in [0.717, 1.165) is 43.6 Å². The van der Waals surface area contributed by atoms with Gasteiger partial charge in [-0.05, 0) is 35.9 Å². The first-order valence-electron chi connectivity index (χ1n) is 12.2. The second kappa shape index (κ2) is 8.48. The van der Waals surface area contributed by atoms with Gasteiger partial charge in [-0.2, -0.15) is 10.1 Å². The van der Waals surface area contributed by atoms with Crippen molar-refractivity contribution in [3.63, 3.8) is 0 Å². The number of amides is 1. The van der Waals surface area contributed by atoms with Gasteiger partial charge < -0.3 is 19.2 Å². The van der Waals surface area contributed by atoms with Crippen LogP contribution in [0.1, 0.15) is 10.5 Å². The molecular formula is C28H21F2N7O2. The Kier molecular flexibility index (Phi) is 5.02. The molecule has 2 aromatic carbocycles. The van der Waals surface area contributed by atoms with Crippen molar-refractivity contribution in [2.24, 2.45) is 7.05 Å². The number of H-pyrrole nitrogens is 1. The highest BCUT2D eigenvalue weighted by atomic mass is 19.3. The number of anilines is 2. The fraction of sp³-hybridized carbons (Fsp3) is 0.143. The number of alkyl halides is 2. The molecule has 4 aromatic heterocycles. The topological polar surface area (TPSA) is 105 Å². The number of hydrogen-bond acceptors (Lipinski definition) is 6. The number of hydrogen-bond donors (Lipinski definition) is 2. The summed E-state index contributed by atoms with van der Waals surface area (Å²) in [5.41, 5.74) is 5.12. The summed E-state index contributed by atoms with van der Waals surface area (Å²) in [4.78, 5) is 23.4. The maximum atomic E-state index is 13.3. The third kappa shape index (κ3) is 3.99. The molecule has 0 aliphatic carbocycles. The van der Waals surface area contributed by atoms with Gasteiger partial charge in [0.05, 0.1) is 30.9 Å². The Hall–Kier alpha value is -5.06. The Morgan fingerprint density at radius 1 is 1.03 bits per heavy atom. The SMILES string of the molecule is Cn1c(C(=O)N2CC(F)(F)C2)cc2ccc(-c3nc(Nc4ccc(-c5cn[nH]c5)cc4)c4ccoc4n3)cc21. The number of carbonyl (C=O) groups excluding carboxylic acids is 1. The first kappa shape index (κ1) is 23.1. The zero-order valence-corrected chi connectivity index (χ0v) is 20.7. The molecule has 0 bridgehead atoms. The smallest absolute Gasteiger partial charge is 0.282 e. The second-order valence-corrected chi connectivity index (χ2v) is 9.60. The highest BCUT2D eigenvalue weighted by Crippen LogP contribution is 2.32. The van der Waals surface area contributed by atoms with Crippen molar-refractivity contribution in [3.8, 4) is 22.5 Å². The number of benzene rings is 2. The average Bonchev–Trinajstić information content (AvgIpc) is 3.68. The quantitative estimate of drug-likeness (QED) is 0.303. The Morgan fingerprint density at radius 3 is 2.56 bits per heavy atom. The Balaban J connectivity index is 1.22. The fourth-order valence-corrected chi connectivity index (χ4v) is 4.86. The van der Waals surface area contributed by atoms with E-state index in [0.29, 0.717) is 23.0 Å². The molecule has 1 aliphatic rings. The first-order chi connectivity index (χ1) is 18.8. The van der Waals surface area contributed by atoms with E-state index in [1.807, 2.05) is 48.7 Å². The predicted molar refractivity (Wildman–Crippen MR) is 142 cm³/mol. The minimum atomic E-state index is -2.82. The monoisotopic (exact) mass is 525 g/mol. The van der Waals surface area contributed by atoms with Crippen molar-refractivity contribution < 1.29 is 18.0 Å². The van der Waals surface area contributed by atoms with E-state index in [9.17, 15) is 13.6 Å². The molecule has 0 saturated carbocycles. The van der Waals surface area contributed by atoms with Crippen molar-refractivity contribution in [3.05, 3.63) is 78.9 Å². The van der Waals surface area contributed by atoms with Gasteiger partial charge in [-0.3, -0.25) is 9.89 Å². The number of rotatable bonds is 5. The Labute approximate surface area is 220 Å². The third-order valence-electron chi connectivity index (χ3n) is 6.96. The number of nitrogens with zero attached hydrogens (tertiary/aromatic N) is 5. The molecular weight excluding hydrogens is 504 g/mol. The number of aromatic nitrogens is 5. The van der Waals surface area contributed by atoms with Gasteiger partial charge in [-0.25, -0.2) is 13.8 Å². The number of fused-ring (bicyclic) bond motifs is 2. The van der Waals surface area contributed by atoms with E-state index in [-0.39, 0.29) is 0 Å². The van der Waals surface area contributed by atoms with E-state index < -0.39 is 24.9 Å². The van der Waals surface area contributed by atoms with Crippen molar-refractivity contribution in [2.45, 2.75) is 5.92 Å². The fourth-order valence-electron chi connectivity index (χ4n) is 4.86. The number of halogens is 2. The van der Waals surface area contributed by atoms with Gasteiger partial charge >= 0.3 is 0 Å². The van der Waals surface area contributed by atoms with E-state index >= 15 is 0 Å². The van der Waals surface area contributed by atoms with Crippen LogP contribution in [-0.4, -0.2) is 54.6 Å². The summed E-state index contributed by atoms with van der Waals surface area (Å²) in [6, 6.07) is 17.0. The van der Waals surface area contributed by atoms with Gasteiger partial charge in [0, 0.05) is 41.0 Å². The maximum Gasteiger partial charge on any atom is 0.282 e.